The van der Waals surface area contributed by atoms with Gasteiger partial charge in [-0.3, -0.25) is 9.59 Å². The van der Waals surface area contributed by atoms with Gasteiger partial charge in [-0.25, -0.2) is 0 Å². The molecule has 1 aliphatic rings. The Morgan fingerprint density at radius 1 is 1.56 bits per heavy atom. The van der Waals surface area contributed by atoms with Crippen LogP contribution in [-0.2, 0) is 4.79 Å². The van der Waals surface area contributed by atoms with Crippen molar-refractivity contribution >= 4 is 11.9 Å². The van der Waals surface area contributed by atoms with Crippen LogP contribution in [0.25, 0.3) is 0 Å². The zero-order chi connectivity index (χ0) is 13.3. The molecule has 1 aromatic heterocycles. The number of amides is 1. The molecule has 1 aliphatic carbocycles. The van der Waals surface area contributed by atoms with E-state index in [1.807, 2.05) is 0 Å². The van der Waals surface area contributed by atoms with E-state index in [0.717, 1.165) is 18.5 Å². The normalized spacial score (nSPS) is 14.8. The van der Waals surface area contributed by atoms with Crippen LogP contribution in [-0.4, -0.2) is 39.6 Å². The molecule has 0 radical (unpaired) electrons. The fourth-order valence-electron chi connectivity index (χ4n) is 1.74. The van der Waals surface area contributed by atoms with Gasteiger partial charge in [-0.1, -0.05) is 5.16 Å². The van der Waals surface area contributed by atoms with Crippen LogP contribution >= 0.6 is 0 Å². The van der Waals surface area contributed by atoms with Gasteiger partial charge in [0, 0.05) is 18.0 Å². The molecule has 1 aromatic rings. The molecule has 0 aromatic carbocycles. The van der Waals surface area contributed by atoms with Crippen molar-refractivity contribution in [1.82, 2.24) is 10.1 Å². The number of hydrogen-bond acceptors (Lipinski definition) is 4. The first kappa shape index (κ1) is 12.6. The van der Waals surface area contributed by atoms with Crippen LogP contribution in [0.1, 0.15) is 48.9 Å². The highest BCUT2D eigenvalue weighted by Crippen LogP contribution is 2.39. The molecule has 1 amide bonds. The SMILES string of the molecule is CC(C)N(CC(=O)O)C(=O)c1cc(C2CC2)no1. The summed E-state index contributed by atoms with van der Waals surface area (Å²) in [6.07, 6.45) is 2.15. The number of aromatic nitrogens is 1. The highest BCUT2D eigenvalue weighted by Gasteiger charge is 2.30. The molecular weight excluding hydrogens is 236 g/mol. The highest BCUT2D eigenvalue weighted by molar-refractivity contribution is 5.93. The van der Waals surface area contributed by atoms with E-state index in [-0.39, 0.29) is 18.3 Å². The lowest BCUT2D eigenvalue weighted by atomic mass is 10.2. The van der Waals surface area contributed by atoms with E-state index in [1.165, 1.54) is 4.90 Å². The van der Waals surface area contributed by atoms with Gasteiger partial charge in [0.05, 0.1) is 5.69 Å². The van der Waals surface area contributed by atoms with Crippen LogP contribution in [0.3, 0.4) is 0 Å². The van der Waals surface area contributed by atoms with E-state index in [9.17, 15) is 9.59 Å². The molecule has 0 unspecified atom stereocenters. The standard InChI is InChI=1S/C12H16N2O4/c1-7(2)14(6-11(15)16)12(17)10-5-9(13-18-10)8-3-4-8/h5,7-8H,3-4,6H2,1-2H3,(H,15,16). The Balaban J connectivity index is 2.13. The van der Waals surface area contributed by atoms with Gasteiger partial charge in [0.2, 0.25) is 5.76 Å². The predicted octanol–water partition coefficient (Wildman–Crippen LogP) is 1.49. The minimum absolute atomic E-state index is 0.117. The number of carbonyl (C=O) groups is 2. The van der Waals surface area contributed by atoms with Crippen molar-refractivity contribution in [3.63, 3.8) is 0 Å². The average molecular weight is 252 g/mol. The molecular formula is C12H16N2O4. The fraction of sp³-hybridized carbons (Fsp3) is 0.583. The smallest absolute Gasteiger partial charge is 0.323 e. The lowest BCUT2D eigenvalue weighted by Crippen LogP contribution is -2.40. The Hall–Kier alpha value is -1.85. The molecule has 6 nitrogen and oxygen atoms in total. The van der Waals surface area contributed by atoms with Crippen LogP contribution in [0.15, 0.2) is 10.6 Å². The Morgan fingerprint density at radius 3 is 2.72 bits per heavy atom. The number of rotatable bonds is 5. The lowest BCUT2D eigenvalue weighted by molar-refractivity contribution is -0.138. The third kappa shape index (κ3) is 2.69. The van der Waals surface area contributed by atoms with Crippen LogP contribution in [0.2, 0.25) is 0 Å². The molecule has 1 fully saturated rings. The van der Waals surface area contributed by atoms with Crippen molar-refractivity contribution < 1.29 is 19.2 Å². The maximum absolute atomic E-state index is 12.1. The largest absolute Gasteiger partial charge is 0.480 e. The highest BCUT2D eigenvalue weighted by atomic mass is 16.5. The second-order valence-electron chi connectivity index (χ2n) is 4.81. The van der Waals surface area contributed by atoms with E-state index >= 15 is 0 Å². The van der Waals surface area contributed by atoms with Crippen molar-refractivity contribution in [2.45, 2.75) is 38.6 Å². The number of hydrogen-bond donors (Lipinski definition) is 1. The van der Waals surface area contributed by atoms with E-state index < -0.39 is 11.9 Å². The second kappa shape index (κ2) is 4.80. The average Bonchev–Trinajstić information content (AvgIpc) is 3.03. The van der Waals surface area contributed by atoms with Gasteiger partial charge >= 0.3 is 5.97 Å². The summed E-state index contributed by atoms with van der Waals surface area (Å²) in [7, 11) is 0. The first-order chi connectivity index (χ1) is 8.49. The minimum Gasteiger partial charge on any atom is -0.480 e. The number of carbonyl (C=O) groups excluding carboxylic acids is 1. The van der Waals surface area contributed by atoms with E-state index in [1.54, 1.807) is 19.9 Å². The summed E-state index contributed by atoms with van der Waals surface area (Å²) in [6.45, 7) is 3.19. The lowest BCUT2D eigenvalue weighted by Gasteiger charge is -2.23. The molecule has 6 heteroatoms. The topological polar surface area (TPSA) is 83.6 Å². The van der Waals surface area contributed by atoms with Crippen LogP contribution < -0.4 is 0 Å². The van der Waals surface area contributed by atoms with Crippen LogP contribution in [0.4, 0.5) is 0 Å². The molecule has 98 valence electrons. The second-order valence-corrected chi connectivity index (χ2v) is 4.81. The van der Waals surface area contributed by atoms with Crippen molar-refractivity contribution in [3.8, 4) is 0 Å². The Labute approximate surface area is 105 Å². The molecule has 0 saturated heterocycles. The summed E-state index contributed by atoms with van der Waals surface area (Å²) in [5.41, 5.74) is 0.789. The summed E-state index contributed by atoms with van der Waals surface area (Å²) in [5.74, 6) is -0.945. The number of carboxylic acids is 1. The van der Waals surface area contributed by atoms with Gasteiger partial charge in [0.15, 0.2) is 0 Å². The molecule has 2 rings (SSSR count). The fourth-order valence-corrected chi connectivity index (χ4v) is 1.74. The third-order valence-electron chi connectivity index (χ3n) is 2.92. The summed E-state index contributed by atoms with van der Waals surface area (Å²) >= 11 is 0. The molecule has 1 saturated carbocycles. The Kier molecular flexibility index (Phi) is 3.36. The summed E-state index contributed by atoms with van der Waals surface area (Å²) in [4.78, 5) is 24.1. The summed E-state index contributed by atoms with van der Waals surface area (Å²) < 4.78 is 5.01. The van der Waals surface area contributed by atoms with Crippen molar-refractivity contribution in [2.24, 2.45) is 0 Å². The van der Waals surface area contributed by atoms with Crippen molar-refractivity contribution in [2.75, 3.05) is 6.54 Å². The number of aliphatic carboxylic acids is 1. The van der Waals surface area contributed by atoms with Crippen molar-refractivity contribution in [3.05, 3.63) is 17.5 Å². The predicted molar refractivity (Wildman–Crippen MR) is 62.3 cm³/mol. The van der Waals surface area contributed by atoms with Crippen molar-refractivity contribution in [1.29, 1.82) is 0 Å². The first-order valence-electron chi connectivity index (χ1n) is 5.98. The molecule has 18 heavy (non-hydrogen) atoms. The van der Waals surface area contributed by atoms with Gasteiger partial charge in [-0.15, -0.1) is 0 Å². The van der Waals surface area contributed by atoms with E-state index in [4.69, 9.17) is 9.63 Å². The van der Waals surface area contributed by atoms with Gasteiger partial charge in [-0.05, 0) is 26.7 Å². The quantitative estimate of drug-likeness (QED) is 0.858. The molecule has 1 N–H and O–H groups in total. The number of nitrogens with zero attached hydrogens (tertiary/aromatic N) is 2. The van der Waals surface area contributed by atoms with Gasteiger partial charge in [-0.2, -0.15) is 0 Å². The van der Waals surface area contributed by atoms with Crippen LogP contribution in [0.5, 0.6) is 0 Å². The molecule has 0 aliphatic heterocycles. The zero-order valence-electron chi connectivity index (χ0n) is 10.4. The molecule has 0 spiro atoms. The summed E-state index contributed by atoms with van der Waals surface area (Å²) in [6, 6.07) is 1.42. The third-order valence-corrected chi connectivity index (χ3v) is 2.92. The maximum Gasteiger partial charge on any atom is 0.323 e. The number of carboxylic acid groups (broad SMARTS) is 1. The zero-order valence-corrected chi connectivity index (χ0v) is 10.4. The van der Waals surface area contributed by atoms with Gasteiger partial charge in [0.25, 0.3) is 5.91 Å². The maximum atomic E-state index is 12.1. The Morgan fingerprint density at radius 2 is 2.22 bits per heavy atom. The molecule has 0 bridgehead atoms. The summed E-state index contributed by atoms with van der Waals surface area (Å²) in [5, 5.41) is 12.6. The molecule has 0 atom stereocenters. The minimum atomic E-state index is -1.04. The van der Waals surface area contributed by atoms with E-state index in [2.05, 4.69) is 5.16 Å². The Bertz CT molecular complexity index is 462. The first-order valence-corrected chi connectivity index (χ1v) is 5.98. The van der Waals surface area contributed by atoms with E-state index in [0.29, 0.717) is 5.92 Å². The monoisotopic (exact) mass is 252 g/mol. The van der Waals surface area contributed by atoms with Gasteiger partial charge < -0.3 is 14.5 Å². The molecule has 1 heterocycles. The van der Waals surface area contributed by atoms with Gasteiger partial charge in [0.1, 0.15) is 6.54 Å². The van der Waals surface area contributed by atoms with Crippen LogP contribution in [0, 0.1) is 0 Å².